The Hall–Kier alpha value is -2.83. The minimum Gasteiger partial charge on any atom is -0.504 e. The fraction of sp³-hybridized carbons (Fsp3) is 0.267. The molecule has 2 N–H and O–H groups in total. The van der Waals surface area contributed by atoms with E-state index in [-0.39, 0.29) is 23.8 Å². The van der Waals surface area contributed by atoms with E-state index in [1.165, 1.54) is 7.11 Å². The minimum absolute atomic E-state index is 0.0346. The van der Waals surface area contributed by atoms with Crippen molar-refractivity contribution in [2.24, 2.45) is 0 Å². The second-order valence-electron chi connectivity index (χ2n) is 4.42. The molecule has 0 aliphatic heterocycles. The third kappa shape index (κ3) is 2.93. The molecule has 0 aliphatic carbocycles. The van der Waals surface area contributed by atoms with E-state index in [0.29, 0.717) is 23.2 Å². The Labute approximate surface area is 127 Å². The van der Waals surface area contributed by atoms with E-state index in [4.69, 9.17) is 9.47 Å². The SMILES string of the molecule is C=CCc1cc(-c2n[nH]nc2C(=O)OCC)cc(OC)c1O. The molecule has 1 heterocycles. The highest BCUT2D eigenvalue weighted by Crippen LogP contribution is 2.36. The van der Waals surface area contributed by atoms with E-state index in [1.54, 1.807) is 25.1 Å². The van der Waals surface area contributed by atoms with Gasteiger partial charge in [0.25, 0.3) is 0 Å². The Kier molecular flexibility index (Phi) is 4.77. The number of carbonyl (C=O) groups is 1. The molecule has 0 unspecified atom stereocenters. The fourth-order valence-corrected chi connectivity index (χ4v) is 2.04. The van der Waals surface area contributed by atoms with Gasteiger partial charge < -0.3 is 14.6 Å². The Morgan fingerprint density at radius 3 is 2.86 bits per heavy atom. The number of ether oxygens (including phenoxy) is 2. The van der Waals surface area contributed by atoms with Crippen molar-refractivity contribution in [3.63, 3.8) is 0 Å². The number of methoxy groups -OCH3 is 1. The first-order valence-corrected chi connectivity index (χ1v) is 6.71. The van der Waals surface area contributed by atoms with E-state index >= 15 is 0 Å². The summed E-state index contributed by atoms with van der Waals surface area (Å²) < 4.78 is 10.1. The van der Waals surface area contributed by atoms with Crippen molar-refractivity contribution < 1.29 is 19.4 Å². The molecule has 2 aromatic rings. The van der Waals surface area contributed by atoms with E-state index in [0.717, 1.165) is 0 Å². The molecule has 7 nitrogen and oxygen atoms in total. The van der Waals surface area contributed by atoms with Crippen molar-refractivity contribution in [3.8, 4) is 22.8 Å². The summed E-state index contributed by atoms with van der Waals surface area (Å²) >= 11 is 0. The van der Waals surface area contributed by atoms with Gasteiger partial charge in [0, 0.05) is 11.1 Å². The zero-order valence-electron chi connectivity index (χ0n) is 12.4. The summed E-state index contributed by atoms with van der Waals surface area (Å²) in [4.78, 5) is 11.9. The number of hydrogen-bond donors (Lipinski definition) is 2. The number of aromatic hydroxyl groups is 1. The molecular formula is C15H17N3O4. The smallest absolute Gasteiger partial charge is 0.361 e. The normalized spacial score (nSPS) is 10.3. The first-order chi connectivity index (χ1) is 10.6. The van der Waals surface area contributed by atoms with Crippen molar-refractivity contribution in [2.45, 2.75) is 13.3 Å². The number of allylic oxidation sites excluding steroid dienone is 1. The highest BCUT2D eigenvalue weighted by atomic mass is 16.5. The number of rotatable bonds is 6. The molecule has 0 bridgehead atoms. The van der Waals surface area contributed by atoms with Crippen molar-refractivity contribution in [3.05, 3.63) is 36.0 Å². The van der Waals surface area contributed by atoms with Crippen molar-refractivity contribution >= 4 is 5.97 Å². The molecule has 0 amide bonds. The van der Waals surface area contributed by atoms with Crippen LogP contribution in [0.2, 0.25) is 0 Å². The number of esters is 1. The highest BCUT2D eigenvalue weighted by Gasteiger charge is 2.21. The molecule has 1 aromatic heterocycles. The molecule has 2 rings (SSSR count). The maximum atomic E-state index is 11.9. The number of phenolic OH excluding ortho intramolecular Hbond substituents is 1. The predicted octanol–water partition coefficient (Wildman–Crippen LogP) is 2.09. The molecule has 1 aromatic carbocycles. The van der Waals surface area contributed by atoms with Crippen LogP contribution in [0.5, 0.6) is 11.5 Å². The number of phenols is 1. The van der Waals surface area contributed by atoms with Crippen LogP contribution in [0.25, 0.3) is 11.3 Å². The van der Waals surface area contributed by atoms with Crippen LogP contribution in [-0.4, -0.2) is 40.2 Å². The summed E-state index contributed by atoms with van der Waals surface area (Å²) in [6.45, 7) is 5.61. The summed E-state index contributed by atoms with van der Waals surface area (Å²) in [6.07, 6.45) is 2.11. The summed E-state index contributed by atoms with van der Waals surface area (Å²) in [7, 11) is 1.45. The van der Waals surface area contributed by atoms with Crippen LogP contribution >= 0.6 is 0 Å². The van der Waals surface area contributed by atoms with Crippen LogP contribution in [0.1, 0.15) is 23.0 Å². The Bertz CT molecular complexity index is 694. The molecule has 0 atom stereocenters. The molecule has 0 fully saturated rings. The Morgan fingerprint density at radius 2 is 2.23 bits per heavy atom. The number of hydrogen-bond acceptors (Lipinski definition) is 6. The van der Waals surface area contributed by atoms with Crippen molar-refractivity contribution in [1.29, 1.82) is 0 Å². The maximum Gasteiger partial charge on any atom is 0.361 e. The number of aromatic amines is 1. The second-order valence-corrected chi connectivity index (χ2v) is 4.42. The molecular weight excluding hydrogens is 286 g/mol. The zero-order valence-corrected chi connectivity index (χ0v) is 12.4. The fourth-order valence-electron chi connectivity index (χ4n) is 2.04. The standard InChI is InChI=1S/C15H17N3O4/c1-4-6-9-7-10(8-11(21-3)14(9)19)12-13(17-18-16-12)15(20)22-5-2/h4,7-8,19H,1,5-6H2,2-3H3,(H,16,17,18). The average Bonchev–Trinajstić information content (AvgIpc) is 2.99. The van der Waals surface area contributed by atoms with Crippen LogP contribution in [0.3, 0.4) is 0 Å². The van der Waals surface area contributed by atoms with E-state index in [2.05, 4.69) is 22.0 Å². The molecule has 0 saturated heterocycles. The molecule has 116 valence electrons. The van der Waals surface area contributed by atoms with Gasteiger partial charge in [-0.2, -0.15) is 10.3 Å². The van der Waals surface area contributed by atoms with Crippen LogP contribution in [0, 0.1) is 0 Å². The zero-order chi connectivity index (χ0) is 16.1. The number of nitrogens with zero attached hydrogens (tertiary/aromatic N) is 2. The molecule has 0 spiro atoms. The summed E-state index contributed by atoms with van der Waals surface area (Å²) in [5, 5.41) is 20.3. The first-order valence-electron chi connectivity index (χ1n) is 6.71. The number of aromatic nitrogens is 3. The van der Waals surface area contributed by atoms with Crippen LogP contribution in [0.4, 0.5) is 0 Å². The van der Waals surface area contributed by atoms with Gasteiger partial charge in [0.05, 0.1) is 13.7 Å². The summed E-state index contributed by atoms with van der Waals surface area (Å²) in [5.41, 5.74) is 1.62. The Balaban J connectivity index is 2.53. The number of carbonyl (C=O) groups excluding carboxylic acids is 1. The van der Waals surface area contributed by atoms with E-state index < -0.39 is 5.97 Å². The lowest BCUT2D eigenvalue weighted by atomic mass is 10.0. The third-order valence-corrected chi connectivity index (χ3v) is 3.03. The van der Waals surface area contributed by atoms with Gasteiger partial charge in [0.1, 0.15) is 5.69 Å². The Morgan fingerprint density at radius 1 is 1.45 bits per heavy atom. The molecule has 0 radical (unpaired) electrons. The number of benzene rings is 1. The van der Waals surface area contributed by atoms with Gasteiger partial charge in [0.15, 0.2) is 17.2 Å². The van der Waals surface area contributed by atoms with Gasteiger partial charge in [0.2, 0.25) is 0 Å². The highest BCUT2D eigenvalue weighted by molar-refractivity contribution is 5.94. The monoisotopic (exact) mass is 303 g/mol. The van der Waals surface area contributed by atoms with Crippen LogP contribution in [-0.2, 0) is 11.2 Å². The summed E-state index contributed by atoms with van der Waals surface area (Å²) in [6, 6.07) is 3.29. The third-order valence-electron chi connectivity index (χ3n) is 3.03. The average molecular weight is 303 g/mol. The van der Waals surface area contributed by atoms with Crippen molar-refractivity contribution in [2.75, 3.05) is 13.7 Å². The molecule has 0 saturated carbocycles. The second kappa shape index (κ2) is 6.75. The number of H-pyrrole nitrogens is 1. The van der Waals surface area contributed by atoms with Crippen LogP contribution < -0.4 is 4.74 Å². The summed E-state index contributed by atoms with van der Waals surface area (Å²) in [5.74, 6) is -0.247. The largest absolute Gasteiger partial charge is 0.504 e. The quantitative estimate of drug-likeness (QED) is 0.626. The minimum atomic E-state index is -0.566. The van der Waals surface area contributed by atoms with Gasteiger partial charge in [-0.25, -0.2) is 4.79 Å². The van der Waals surface area contributed by atoms with Gasteiger partial charge in [-0.1, -0.05) is 6.08 Å². The van der Waals surface area contributed by atoms with E-state index in [1.807, 2.05) is 0 Å². The lowest BCUT2D eigenvalue weighted by Gasteiger charge is -2.10. The van der Waals surface area contributed by atoms with E-state index in [9.17, 15) is 9.90 Å². The van der Waals surface area contributed by atoms with Gasteiger partial charge in [-0.05, 0) is 25.5 Å². The predicted molar refractivity (Wildman–Crippen MR) is 79.9 cm³/mol. The number of nitrogens with one attached hydrogen (secondary N) is 1. The first kappa shape index (κ1) is 15.6. The molecule has 22 heavy (non-hydrogen) atoms. The topological polar surface area (TPSA) is 97.3 Å². The van der Waals surface area contributed by atoms with Gasteiger partial charge >= 0.3 is 5.97 Å². The molecule has 7 heteroatoms. The van der Waals surface area contributed by atoms with Gasteiger partial charge in [-0.3, -0.25) is 0 Å². The van der Waals surface area contributed by atoms with Gasteiger partial charge in [-0.15, -0.1) is 11.7 Å². The lowest BCUT2D eigenvalue weighted by molar-refractivity contribution is 0.0520. The maximum absolute atomic E-state index is 11.9. The van der Waals surface area contributed by atoms with Crippen molar-refractivity contribution in [1.82, 2.24) is 15.4 Å². The van der Waals surface area contributed by atoms with Crippen LogP contribution in [0.15, 0.2) is 24.8 Å². The lowest BCUT2D eigenvalue weighted by Crippen LogP contribution is -2.07. The molecule has 0 aliphatic rings.